The molecule has 172 valence electrons. The van der Waals surface area contributed by atoms with Crippen LogP contribution in [0, 0.1) is 20.8 Å². The zero-order valence-corrected chi connectivity index (χ0v) is 20.2. The number of nitrogens with one attached hydrogen (secondary N) is 3. The smallest absolute Gasteiger partial charge is 0.341 e. The van der Waals surface area contributed by atoms with Crippen molar-refractivity contribution < 1.29 is 19.1 Å². The van der Waals surface area contributed by atoms with Crippen LogP contribution in [-0.4, -0.2) is 24.5 Å². The number of ether oxygens (including phenoxy) is 1. The van der Waals surface area contributed by atoms with E-state index in [0.717, 1.165) is 22.5 Å². The molecule has 7 nitrogen and oxygen atoms in total. The molecule has 0 aliphatic rings. The predicted molar refractivity (Wildman–Crippen MR) is 133 cm³/mol. The molecule has 3 aromatic rings. The average molecular weight is 486 g/mol. The number of urea groups is 1. The number of anilines is 3. The maximum absolute atomic E-state index is 13.0. The van der Waals surface area contributed by atoms with Gasteiger partial charge < -0.3 is 15.4 Å². The van der Waals surface area contributed by atoms with Crippen molar-refractivity contribution in [3.05, 3.63) is 74.6 Å². The fourth-order valence-corrected chi connectivity index (χ4v) is 4.41. The molecule has 3 N–H and O–H groups in total. The summed E-state index contributed by atoms with van der Waals surface area (Å²) >= 11 is 6.88. The van der Waals surface area contributed by atoms with Crippen LogP contribution in [0.25, 0.3) is 0 Å². The molecular formula is C24H24ClN3O4S. The number of hydrogen-bond donors (Lipinski definition) is 3. The number of halogens is 1. The van der Waals surface area contributed by atoms with Crippen molar-refractivity contribution >= 4 is 57.2 Å². The van der Waals surface area contributed by atoms with E-state index in [1.165, 1.54) is 0 Å². The molecule has 9 heteroatoms. The number of benzene rings is 2. The summed E-state index contributed by atoms with van der Waals surface area (Å²) in [6.45, 7) is 7.38. The van der Waals surface area contributed by atoms with Gasteiger partial charge >= 0.3 is 12.0 Å². The molecule has 0 atom stereocenters. The molecule has 0 saturated heterocycles. The van der Waals surface area contributed by atoms with Gasteiger partial charge in [0.15, 0.2) is 0 Å². The zero-order valence-electron chi connectivity index (χ0n) is 18.7. The zero-order chi connectivity index (χ0) is 24.1. The van der Waals surface area contributed by atoms with Crippen molar-refractivity contribution in [2.45, 2.75) is 27.7 Å². The molecular weight excluding hydrogens is 462 g/mol. The van der Waals surface area contributed by atoms with Crippen LogP contribution in [-0.2, 0) is 4.74 Å². The van der Waals surface area contributed by atoms with Crippen LogP contribution < -0.4 is 16.0 Å². The van der Waals surface area contributed by atoms with E-state index < -0.39 is 12.0 Å². The van der Waals surface area contributed by atoms with Crippen LogP contribution in [0.2, 0.25) is 5.02 Å². The highest BCUT2D eigenvalue weighted by molar-refractivity contribution is 7.19. The lowest BCUT2D eigenvalue weighted by molar-refractivity contribution is 0.0527. The number of carbonyl (C=O) groups excluding carboxylic acids is 3. The Morgan fingerprint density at radius 2 is 1.67 bits per heavy atom. The quantitative estimate of drug-likeness (QED) is 0.352. The molecule has 0 aliphatic carbocycles. The molecule has 1 aromatic heterocycles. The minimum atomic E-state index is -0.612. The van der Waals surface area contributed by atoms with Crippen LogP contribution in [0.3, 0.4) is 0 Å². The van der Waals surface area contributed by atoms with Crippen molar-refractivity contribution in [2.75, 3.05) is 22.6 Å². The van der Waals surface area contributed by atoms with Gasteiger partial charge in [-0.3, -0.25) is 10.1 Å². The summed E-state index contributed by atoms with van der Waals surface area (Å²) in [5, 5.41) is 8.99. The summed E-state index contributed by atoms with van der Waals surface area (Å²) in [5.41, 5.74) is 3.78. The van der Waals surface area contributed by atoms with Gasteiger partial charge in [0.25, 0.3) is 5.91 Å². The van der Waals surface area contributed by atoms with Gasteiger partial charge in [0, 0.05) is 16.4 Å². The highest BCUT2D eigenvalue weighted by Crippen LogP contribution is 2.34. The van der Waals surface area contributed by atoms with E-state index >= 15 is 0 Å². The van der Waals surface area contributed by atoms with E-state index in [0.29, 0.717) is 26.8 Å². The topological polar surface area (TPSA) is 96.5 Å². The minimum absolute atomic E-state index is 0.152. The first-order valence-electron chi connectivity index (χ1n) is 10.2. The number of carbonyl (C=O) groups is 3. The van der Waals surface area contributed by atoms with E-state index in [-0.39, 0.29) is 23.1 Å². The SMILES string of the molecule is CCOC(=O)c1c(NC(=O)Nc2ccc(Cl)cc2)sc(C(=O)Nc2ccc(C)cc2C)c1C. The first-order chi connectivity index (χ1) is 15.7. The Balaban J connectivity index is 1.88. The molecule has 33 heavy (non-hydrogen) atoms. The summed E-state index contributed by atoms with van der Waals surface area (Å²) < 4.78 is 5.16. The van der Waals surface area contributed by atoms with Crippen LogP contribution >= 0.6 is 22.9 Å². The molecule has 0 aliphatic heterocycles. The third-order valence-corrected chi connectivity index (χ3v) is 6.25. The van der Waals surface area contributed by atoms with Gasteiger partial charge in [-0.05, 0) is 69.2 Å². The second-order valence-electron chi connectivity index (χ2n) is 7.34. The maximum atomic E-state index is 13.0. The van der Waals surface area contributed by atoms with Crippen LogP contribution in [0.4, 0.5) is 21.2 Å². The van der Waals surface area contributed by atoms with Crippen molar-refractivity contribution in [2.24, 2.45) is 0 Å². The molecule has 0 unspecified atom stereocenters. The Morgan fingerprint density at radius 1 is 0.970 bits per heavy atom. The van der Waals surface area contributed by atoms with Crippen molar-refractivity contribution in [1.29, 1.82) is 0 Å². The first kappa shape index (κ1) is 24.3. The van der Waals surface area contributed by atoms with Gasteiger partial charge in [-0.25, -0.2) is 9.59 Å². The van der Waals surface area contributed by atoms with E-state index in [1.54, 1.807) is 38.1 Å². The number of esters is 1. The number of hydrogen-bond acceptors (Lipinski definition) is 5. The molecule has 2 aromatic carbocycles. The largest absolute Gasteiger partial charge is 0.462 e. The fourth-order valence-electron chi connectivity index (χ4n) is 3.20. The fraction of sp³-hybridized carbons (Fsp3) is 0.208. The third kappa shape index (κ3) is 5.91. The Labute approximate surface area is 201 Å². The van der Waals surface area contributed by atoms with Crippen molar-refractivity contribution in [3.63, 3.8) is 0 Å². The van der Waals surface area contributed by atoms with E-state index in [9.17, 15) is 14.4 Å². The Hall–Kier alpha value is -3.36. The first-order valence-corrected chi connectivity index (χ1v) is 11.4. The molecule has 3 amide bonds. The second-order valence-corrected chi connectivity index (χ2v) is 8.80. The highest BCUT2D eigenvalue weighted by atomic mass is 35.5. The summed E-state index contributed by atoms with van der Waals surface area (Å²) in [7, 11) is 0. The number of amides is 3. The predicted octanol–water partition coefficient (Wildman–Crippen LogP) is 6.40. The van der Waals surface area contributed by atoms with Gasteiger partial charge in [0.05, 0.1) is 17.0 Å². The number of rotatable bonds is 6. The molecule has 3 rings (SSSR count). The highest BCUT2D eigenvalue weighted by Gasteiger charge is 2.27. The summed E-state index contributed by atoms with van der Waals surface area (Å²) in [6, 6.07) is 11.7. The van der Waals surface area contributed by atoms with Gasteiger partial charge in [0.2, 0.25) is 0 Å². The second kappa shape index (κ2) is 10.5. The van der Waals surface area contributed by atoms with Crippen molar-refractivity contribution in [3.8, 4) is 0 Å². The lowest BCUT2D eigenvalue weighted by atomic mass is 10.1. The Bertz CT molecular complexity index is 1210. The van der Waals surface area contributed by atoms with E-state index in [4.69, 9.17) is 16.3 Å². The molecule has 0 fully saturated rings. The normalized spacial score (nSPS) is 10.5. The van der Waals surface area contributed by atoms with Gasteiger partial charge in [0.1, 0.15) is 5.00 Å². The minimum Gasteiger partial charge on any atom is -0.462 e. The van der Waals surface area contributed by atoms with Crippen LogP contribution in [0.15, 0.2) is 42.5 Å². The molecule has 0 saturated carbocycles. The Morgan fingerprint density at radius 3 is 2.30 bits per heavy atom. The Kier molecular flexibility index (Phi) is 7.73. The van der Waals surface area contributed by atoms with E-state index in [2.05, 4.69) is 16.0 Å². The monoisotopic (exact) mass is 485 g/mol. The lowest BCUT2D eigenvalue weighted by Gasteiger charge is -2.09. The third-order valence-electron chi connectivity index (χ3n) is 4.79. The molecule has 0 radical (unpaired) electrons. The summed E-state index contributed by atoms with van der Waals surface area (Å²) in [4.78, 5) is 38.5. The summed E-state index contributed by atoms with van der Waals surface area (Å²) in [5.74, 6) is -0.986. The number of aryl methyl sites for hydroxylation is 2. The average Bonchev–Trinajstić information content (AvgIpc) is 3.07. The number of thiophene rings is 1. The van der Waals surface area contributed by atoms with Gasteiger partial charge in [-0.15, -0.1) is 11.3 Å². The summed E-state index contributed by atoms with van der Waals surface area (Å²) in [6.07, 6.45) is 0. The lowest BCUT2D eigenvalue weighted by Crippen LogP contribution is -2.20. The van der Waals surface area contributed by atoms with Gasteiger partial charge in [-0.2, -0.15) is 0 Å². The van der Waals surface area contributed by atoms with E-state index in [1.807, 2.05) is 32.0 Å². The molecule has 0 bridgehead atoms. The van der Waals surface area contributed by atoms with Crippen LogP contribution in [0.5, 0.6) is 0 Å². The van der Waals surface area contributed by atoms with Crippen molar-refractivity contribution in [1.82, 2.24) is 0 Å². The maximum Gasteiger partial charge on any atom is 0.341 e. The van der Waals surface area contributed by atoms with Crippen LogP contribution in [0.1, 0.15) is 43.6 Å². The molecule has 1 heterocycles. The molecule has 0 spiro atoms. The van der Waals surface area contributed by atoms with Gasteiger partial charge in [-0.1, -0.05) is 29.3 Å². The standard InChI is InChI=1S/C24H24ClN3O4S/c1-5-32-23(30)19-15(4)20(21(29)27-18-11-6-13(2)12-14(18)3)33-22(19)28-24(31)26-17-9-7-16(25)8-10-17/h6-12H,5H2,1-4H3,(H,27,29)(H2,26,28,31).